The number of pyridine rings is 1. The maximum absolute atomic E-state index is 5.66. The van der Waals surface area contributed by atoms with Crippen LogP contribution in [-0.4, -0.2) is 26.5 Å². The molecule has 0 aliphatic carbocycles. The Morgan fingerprint density at radius 3 is 3.29 bits per heavy atom. The molecule has 1 aliphatic heterocycles. The predicted octanol–water partition coefficient (Wildman–Crippen LogP) is 2.60. The summed E-state index contributed by atoms with van der Waals surface area (Å²) in [6, 6.07) is 4.11. The van der Waals surface area contributed by atoms with E-state index in [0.29, 0.717) is 6.61 Å². The van der Waals surface area contributed by atoms with E-state index in [0.717, 1.165) is 40.3 Å². The van der Waals surface area contributed by atoms with Crippen LogP contribution < -0.4 is 10.1 Å². The van der Waals surface area contributed by atoms with E-state index in [1.807, 2.05) is 19.2 Å². The lowest BCUT2D eigenvalue weighted by Gasteiger charge is -2.26. The first-order chi connectivity index (χ1) is 10.3. The highest BCUT2D eigenvalue weighted by atomic mass is 16.5. The van der Waals surface area contributed by atoms with Crippen LogP contribution in [0.5, 0.6) is 5.75 Å². The summed E-state index contributed by atoms with van der Waals surface area (Å²) >= 11 is 0. The summed E-state index contributed by atoms with van der Waals surface area (Å²) in [6.07, 6.45) is 6.06. The molecule has 4 rings (SSSR count). The molecule has 106 valence electrons. The minimum Gasteiger partial charge on any atom is -0.493 e. The van der Waals surface area contributed by atoms with Crippen molar-refractivity contribution in [1.82, 2.24) is 19.9 Å². The Morgan fingerprint density at radius 2 is 2.33 bits per heavy atom. The lowest BCUT2D eigenvalue weighted by Crippen LogP contribution is -2.21. The van der Waals surface area contributed by atoms with Gasteiger partial charge in [0.1, 0.15) is 23.5 Å². The molecule has 1 atom stereocenters. The van der Waals surface area contributed by atoms with Crippen molar-refractivity contribution in [3.05, 3.63) is 42.1 Å². The molecule has 4 heterocycles. The summed E-state index contributed by atoms with van der Waals surface area (Å²) in [5.41, 5.74) is 2.99. The van der Waals surface area contributed by atoms with Crippen LogP contribution in [0.4, 0.5) is 5.82 Å². The molecular weight excluding hydrogens is 266 g/mol. The third kappa shape index (κ3) is 2.08. The maximum Gasteiger partial charge on any atom is 0.143 e. The van der Waals surface area contributed by atoms with Crippen LogP contribution in [-0.2, 0) is 0 Å². The second-order valence-electron chi connectivity index (χ2n) is 5.18. The largest absolute Gasteiger partial charge is 0.493 e. The van der Waals surface area contributed by atoms with E-state index in [1.165, 1.54) is 0 Å². The molecule has 3 aromatic heterocycles. The summed E-state index contributed by atoms with van der Waals surface area (Å²) in [5.74, 6) is 1.73. The molecule has 0 saturated carbocycles. The number of nitrogens with zero attached hydrogens (tertiary/aromatic N) is 3. The SMILES string of the molecule is Cc1cc2c(NC3CCOc4ccncc43)ncnc2[nH]1. The highest BCUT2D eigenvalue weighted by Gasteiger charge is 2.22. The molecule has 0 bridgehead atoms. The summed E-state index contributed by atoms with van der Waals surface area (Å²) in [6.45, 7) is 2.70. The van der Waals surface area contributed by atoms with Crippen LogP contribution in [0, 0.1) is 6.92 Å². The van der Waals surface area contributed by atoms with Crippen molar-refractivity contribution in [1.29, 1.82) is 0 Å². The van der Waals surface area contributed by atoms with Crippen molar-refractivity contribution in [2.45, 2.75) is 19.4 Å². The van der Waals surface area contributed by atoms with E-state index >= 15 is 0 Å². The monoisotopic (exact) mass is 281 g/mol. The van der Waals surface area contributed by atoms with Crippen LogP contribution in [0.15, 0.2) is 30.9 Å². The highest BCUT2D eigenvalue weighted by Crippen LogP contribution is 2.34. The first kappa shape index (κ1) is 12.1. The summed E-state index contributed by atoms with van der Waals surface area (Å²) < 4.78 is 5.66. The number of nitrogens with one attached hydrogen (secondary N) is 2. The van der Waals surface area contributed by atoms with Gasteiger partial charge in [-0.15, -0.1) is 0 Å². The van der Waals surface area contributed by atoms with Crippen LogP contribution >= 0.6 is 0 Å². The lowest BCUT2D eigenvalue weighted by atomic mass is 10.0. The molecule has 0 saturated heterocycles. The molecule has 3 aromatic rings. The average molecular weight is 281 g/mol. The van der Waals surface area contributed by atoms with Crippen molar-refractivity contribution in [2.24, 2.45) is 0 Å². The summed E-state index contributed by atoms with van der Waals surface area (Å²) in [7, 11) is 0. The Balaban J connectivity index is 1.73. The second kappa shape index (κ2) is 4.73. The molecule has 6 heteroatoms. The Kier molecular flexibility index (Phi) is 2.73. The maximum atomic E-state index is 5.66. The Morgan fingerprint density at radius 1 is 1.38 bits per heavy atom. The van der Waals surface area contributed by atoms with Crippen LogP contribution in [0.25, 0.3) is 11.0 Å². The van der Waals surface area contributed by atoms with Gasteiger partial charge in [0, 0.05) is 30.1 Å². The zero-order valence-electron chi connectivity index (χ0n) is 11.6. The molecule has 0 aromatic carbocycles. The summed E-state index contributed by atoms with van der Waals surface area (Å²) in [5, 5.41) is 4.51. The van der Waals surface area contributed by atoms with Crippen LogP contribution in [0.3, 0.4) is 0 Å². The second-order valence-corrected chi connectivity index (χ2v) is 5.18. The molecule has 0 fully saturated rings. The quantitative estimate of drug-likeness (QED) is 0.755. The number of H-pyrrole nitrogens is 1. The zero-order chi connectivity index (χ0) is 14.2. The molecule has 2 N–H and O–H groups in total. The van der Waals surface area contributed by atoms with E-state index in [4.69, 9.17) is 4.74 Å². The molecule has 6 nitrogen and oxygen atoms in total. The zero-order valence-corrected chi connectivity index (χ0v) is 11.6. The number of fused-ring (bicyclic) bond motifs is 2. The smallest absolute Gasteiger partial charge is 0.143 e. The molecular formula is C15H15N5O. The van der Waals surface area contributed by atoms with Crippen molar-refractivity contribution in [3.8, 4) is 5.75 Å². The van der Waals surface area contributed by atoms with Crippen molar-refractivity contribution >= 4 is 16.9 Å². The van der Waals surface area contributed by atoms with E-state index in [1.54, 1.807) is 12.5 Å². The van der Waals surface area contributed by atoms with Crippen molar-refractivity contribution < 1.29 is 4.74 Å². The number of aromatic nitrogens is 4. The summed E-state index contributed by atoms with van der Waals surface area (Å²) in [4.78, 5) is 16.1. The van der Waals surface area contributed by atoms with E-state index in [-0.39, 0.29) is 6.04 Å². The molecule has 1 unspecified atom stereocenters. The van der Waals surface area contributed by atoms with Gasteiger partial charge in [0.05, 0.1) is 18.0 Å². The fourth-order valence-electron chi connectivity index (χ4n) is 2.73. The minimum absolute atomic E-state index is 0.149. The molecule has 0 radical (unpaired) electrons. The molecule has 1 aliphatic rings. The molecule has 0 amide bonds. The minimum atomic E-state index is 0.149. The fraction of sp³-hybridized carbons (Fsp3) is 0.267. The van der Waals surface area contributed by atoms with Gasteiger partial charge in [0.25, 0.3) is 0 Å². The van der Waals surface area contributed by atoms with Gasteiger partial charge in [0.15, 0.2) is 0 Å². The van der Waals surface area contributed by atoms with Gasteiger partial charge >= 0.3 is 0 Å². The van der Waals surface area contributed by atoms with Gasteiger partial charge in [-0.2, -0.15) is 0 Å². The third-order valence-corrected chi connectivity index (χ3v) is 3.72. The fourth-order valence-corrected chi connectivity index (χ4v) is 2.73. The van der Waals surface area contributed by atoms with Gasteiger partial charge in [-0.3, -0.25) is 4.98 Å². The number of rotatable bonds is 2. The lowest BCUT2D eigenvalue weighted by molar-refractivity contribution is 0.273. The normalized spacial score (nSPS) is 17.3. The number of anilines is 1. The van der Waals surface area contributed by atoms with Gasteiger partial charge in [-0.05, 0) is 19.1 Å². The number of aryl methyl sites for hydroxylation is 1. The number of ether oxygens (including phenoxy) is 1. The third-order valence-electron chi connectivity index (χ3n) is 3.72. The molecule has 21 heavy (non-hydrogen) atoms. The van der Waals surface area contributed by atoms with Crippen molar-refractivity contribution in [2.75, 3.05) is 11.9 Å². The standard InChI is InChI=1S/C15H15N5O/c1-9-6-10-14(19-9)17-8-18-15(10)20-12-3-5-21-13-2-4-16-7-11(12)13/h2,4,6-8,12H,3,5H2,1H3,(H2,17,18,19,20). The number of hydrogen-bond donors (Lipinski definition) is 2. The number of aromatic amines is 1. The first-order valence-corrected chi connectivity index (χ1v) is 6.95. The van der Waals surface area contributed by atoms with E-state index in [9.17, 15) is 0 Å². The first-order valence-electron chi connectivity index (χ1n) is 6.95. The van der Waals surface area contributed by atoms with Gasteiger partial charge in [0.2, 0.25) is 0 Å². The van der Waals surface area contributed by atoms with Crippen molar-refractivity contribution in [3.63, 3.8) is 0 Å². The number of hydrogen-bond acceptors (Lipinski definition) is 5. The average Bonchev–Trinajstić information content (AvgIpc) is 2.89. The van der Waals surface area contributed by atoms with Gasteiger partial charge < -0.3 is 15.0 Å². The van der Waals surface area contributed by atoms with Gasteiger partial charge in [-0.25, -0.2) is 9.97 Å². The predicted molar refractivity (Wildman–Crippen MR) is 79.3 cm³/mol. The van der Waals surface area contributed by atoms with E-state index in [2.05, 4.69) is 31.3 Å². The Bertz CT molecular complexity index is 798. The molecule has 0 spiro atoms. The topological polar surface area (TPSA) is 75.7 Å². The van der Waals surface area contributed by atoms with Crippen LogP contribution in [0.2, 0.25) is 0 Å². The van der Waals surface area contributed by atoms with Gasteiger partial charge in [-0.1, -0.05) is 0 Å². The Labute approximate surface area is 121 Å². The Hall–Kier alpha value is -2.63. The highest BCUT2D eigenvalue weighted by molar-refractivity contribution is 5.87. The van der Waals surface area contributed by atoms with Crippen LogP contribution in [0.1, 0.15) is 23.7 Å². The van der Waals surface area contributed by atoms with E-state index < -0.39 is 0 Å².